The molecule has 2 rings (SSSR count). The van der Waals surface area contributed by atoms with E-state index in [0.29, 0.717) is 0 Å². The van der Waals surface area contributed by atoms with Gasteiger partial charge in [0, 0.05) is 25.5 Å². The smallest absolute Gasteiger partial charge is 0.125 e. The van der Waals surface area contributed by atoms with Crippen molar-refractivity contribution in [1.29, 1.82) is 0 Å². The molecule has 2 aromatic rings. The predicted octanol–water partition coefficient (Wildman–Crippen LogP) is 1.80. The van der Waals surface area contributed by atoms with Gasteiger partial charge in [0.2, 0.25) is 0 Å². The van der Waals surface area contributed by atoms with Gasteiger partial charge in [-0.25, -0.2) is 9.97 Å². The van der Waals surface area contributed by atoms with Crippen molar-refractivity contribution in [3.8, 4) is 0 Å². The van der Waals surface area contributed by atoms with Crippen molar-refractivity contribution >= 4 is 0 Å². The second-order valence-corrected chi connectivity index (χ2v) is 4.70. The summed E-state index contributed by atoms with van der Waals surface area (Å²) in [5, 5.41) is 7.68. The third-order valence-corrected chi connectivity index (χ3v) is 3.09. The summed E-state index contributed by atoms with van der Waals surface area (Å²) in [4.78, 5) is 8.67. The first-order chi connectivity index (χ1) is 9.19. The summed E-state index contributed by atoms with van der Waals surface area (Å²) in [6.45, 7) is 4.97. The van der Waals surface area contributed by atoms with Crippen molar-refractivity contribution in [2.75, 3.05) is 6.54 Å². The van der Waals surface area contributed by atoms with Crippen LogP contribution in [0.5, 0.6) is 0 Å². The lowest BCUT2D eigenvalue weighted by molar-refractivity contribution is 0.501. The number of hydrogen-bond acceptors (Lipinski definition) is 4. The van der Waals surface area contributed by atoms with Crippen LogP contribution in [0.4, 0.5) is 0 Å². The molecule has 102 valence electrons. The van der Waals surface area contributed by atoms with Gasteiger partial charge in [-0.15, -0.1) is 0 Å². The Bertz CT molecular complexity index is 520. The standard InChI is InChI=1S/C14H21N5/c1-4-15-13(14-7-8-16-11(2)18-14)6-5-12-9-17-19(3)10-12/h7-10,13,15H,4-6H2,1-3H3. The van der Waals surface area contributed by atoms with Gasteiger partial charge in [-0.1, -0.05) is 6.92 Å². The van der Waals surface area contributed by atoms with Crippen LogP contribution < -0.4 is 5.32 Å². The molecule has 0 aromatic carbocycles. The van der Waals surface area contributed by atoms with Crippen LogP contribution in [-0.2, 0) is 13.5 Å². The highest BCUT2D eigenvalue weighted by Crippen LogP contribution is 2.17. The summed E-state index contributed by atoms with van der Waals surface area (Å²) in [6, 6.07) is 2.26. The molecule has 0 aliphatic heterocycles. The van der Waals surface area contributed by atoms with Crippen molar-refractivity contribution in [3.63, 3.8) is 0 Å². The lowest BCUT2D eigenvalue weighted by atomic mass is 10.0. The Morgan fingerprint density at radius 1 is 1.42 bits per heavy atom. The molecule has 5 nitrogen and oxygen atoms in total. The number of rotatable bonds is 6. The maximum Gasteiger partial charge on any atom is 0.125 e. The lowest BCUT2D eigenvalue weighted by Gasteiger charge is -2.17. The Kier molecular flexibility index (Phi) is 4.63. The Balaban J connectivity index is 2.03. The van der Waals surface area contributed by atoms with Gasteiger partial charge >= 0.3 is 0 Å². The van der Waals surface area contributed by atoms with Crippen LogP contribution in [0.3, 0.4) is 0 Å². The number of aromatic nitrogens is 4. The van der Waals surface area contributed by atoms with Gasteiger partial charge in [0.1, 0.15) is 5.82 Å². The Hall–Kier alpha value is -1.75. The highest BCUT2D eigenvalue weighted by atomic mass is 15.2. The maximum absolute atomic E-state index is 4.52. The van der Waals surface area contributed by atoms with Crippen LogP contribution in [0.1, 0.15) is 36.5 Å². The molecule has 0 saturated heterocycles. The second-order valence-electron chi connectivity index (χ2n) is 4.70. The first-order valence-corrected chi connectivity index (χ1v) is 6.69. The molecule has 0 bridgehead atoms. The molecule has 1 unspecified atom stereocenters. The molecule has 0 aliphatic carbocycles. The van der Waals surface area contributed by atoms with Crippen molar-refractivity contribution in [1.82, 2.24) is 25.1 Å². The summed E-state index contributed by atoms with van der Waals surface area (Å²) in [6.07, 6.45) is 7.82. The second kappa shape index (κ2) is 6.43. The third kappa shape index (κ3) is 3.86. The molecule has 0 amide bonds. The fraction of sp³-hybridized carbons (Fsp3) is 0.500. The molecule has 1 atom stereocenters. The van der Waals surface area contributed by atoms with Gasteiger partial charge in [0.15, 0.2) is 0 Å². The summed E-state index contributed by atoms with van der Waals surface area (Å²) in [5.41, 5.74) is 2.33. The molecule has 2 aromatic heterocycles. The average molecular weight is 259 g/mol. The molecule has 1 N–H and O–H groups in total. The van der Waals surface area contributed by atoms with Gasteiger partial charge in [0.05, 0.1) is 11.9 Å². The van der Waals surface area contributed by atoms with Crippen LogP contribution >= 0.6 is 0 Å². The monoisotopic (exact) mass is 259 g/mol. The first kappa shape index (κ1) is 13.7. The highest BCUT2D eigenvalue weighted by Gasteiger charge is 2.12. The van der Waals surface area contributed by atoms with Crippen LogP contribution in [0, 0.1) is 6.92 Å². The average Bonchev–Trinajstić information content (AvgIpc) is 2.80. The van der Waals surface area contributed by atoms with Crippen molar-refractivity contribution in [2.24, 2.45) is 7.05 Å². The van der Waals surface area contributed by atoms with Crippen molar-refractivity contribution in [2.45, 2.75) is 32.7 Å². The first-order valence-electron chi connectivity index (χ1n) is 6.69. The SMILES string of the molecule is CCNC(CCc1cnn(C)c1)c1ccnc(C)n1. The molecule has 5 heteroatoms. The van der Waals surface area contributed by atoms with E-state index in [1.165, 1.54) is 5.56 Å². The Labute approximate surface area is 114 Å². The minimum absolute atomic E-state index is 0.270. The summed E-state index contributed by atoms with van der Waals surface area (Å²) in [5.74, 6) is 0.821. The van der Waals surface area contributed by atoms with Gasteiger partial charge in [-0.3, -0.25) is 4.68 Å². The summed E-state index contributed by atoms with van der Waals surface area (Å²) < 4.78 is 1.84. The van der Waals surface area contributed by atoms with Gasteiger partial charge in [0.25, 0.3) is 0 Å². The van der Waals surface area contributed by atoms with E-state index in [2.05, 4.69) is 33.5 Å². The maximum atomic E-state index is 4.52. The van der Waals surface area contributed by atoms with Gasteiger partial charge in [-0.2, -0.15) is 5.10 Å². The molecule has 0 aliphatic rings. The molecule has 0 fully saturated rings. The van der Waals surface area contributed by atoms with Crippen molar-refractivity contribution in [3.05, 3.63) is 41.7 Å². The fourth-order valence-electron chi connectivity index (χ4n) is 2.18. The number of aryl methyl sites for hydroxylation is 3. The zero-order chi connectivity index (χ0) is 13.7. The number of hydrogen-bond donors (Lipinski definition) is 1. The van der Waals surface area contributed by atoms with Crippen LogP contribution in [0.2, 0.25) is 0 Å². The predicted molar refractivity (Wildman–Crippen MR) is 74.7 cm³/mol. The zero-order valence-corrected chi connectivity index (χ0v) is 11.8. The Morgan fingerprint density at radius 2 is 2.26 bits per heavy atom. The minimum atomic E-state index is 0.270. The van der Waals surface area contributed by atoms with Crippen LogP contribution in [-0.4, -0.2) is 26.3 Å². The van der Waals surface area contributed by atoms with E-state index in [4.69, 9.17) is 0 Å². The summed E-state index contributed by atoms with van der Waals surface area (Å²) in [7, 11) is 1.94. The lowest BCUT2D eigenvalue weighted by Crippen LogP contribution is -2.22. The Morgan fingerprint density at radius 3 is 2.89 bits per heavy atom. The molecular weight excluding hydrogens is 238 g/mol. The van der Waals surface area contributed by atoms with Crippen LogP contribution in [0.25, 0.3) is 0 Å². The topological polar surface area (TPSA) is 55.6 Å². The van der Waals surface area contributed by atoms with E-state index >= 15 is 0 Å². The molecule has 2 heterocycles. The van der Waals surface area contributed by atoms with E-state index in [1.54, 1.807) is 0 Å². The van der Waals surface area contributed by atoms with E-state index in [-0.39, 0.29) is 6.04 Å². The number of nitrogens with one attached hydrogen (secondary N) is 1. The minimum Gasteiger partial charge on any atom is -0.309 e. The van der Waals surface area contributed by atoms with Gasteiger partial charge < -0.3 is 5.32 Å². The molecule has 0 spiro atoms. The highest BCUT2D eigenvalue weighted by molar-refractivity contribution is 5.10. The summed E-state index contributed by atoms with van der Waals surface area (Å²) >= 11 is 0. The van der Waals surface area contributed by atoms with E-state index in [0.717, 1.165) is 30.9 Å². The van der Waals surface area contributed by atoms with E-state index in [1.807, 2.05) is 37.1 Å². The fourth-order valence-corrected chi connectivity index (χ4v) is 2.18. The van der Waals surface area contributed by atoms with Gasteiger partial charge in [-0.05, 0) is 37.9 Å². The van der Waals surface area contributed by atoms with E-state index in [9.17, 15) is 0 Å². The molecule has 0 radical (unpaired) electrons. The van der Waals surface area contributed by atoms with Crippen LogP contribution in [0.15, 0.2) is 24.7 Å². The quantitative estimate of drug-likeness (QED) is 0.859. The number of nitrogens with zero attached hydrogens (tertiary/aromatic N) is 4. The third-order valence-electron chi connectivity index (χ3n) is 3.09. The normalized spacial score (nSPS) is 12.6. The largest absolute Gasteiger partial charge is 0.309 e. The van der Waals surface area contributed by atoms with Crippen molar-refractivity contribution < 1.29 is 0 Å². The molecular formula is C14H21N5. The molecule has 0 saturated carbocycles. The zero-order valence-electron chi connectivity index (χ0n) is 11.8. The molecule has 19 heavy (non-hydrogen) atoms. The van der Waals surface area contributed by atoms with E-state index < -0.39 is 0 Å².